The molecular weight excluding hydrogens is 232 g/mol. The molecule has 92 valence electrons. The lowest BCUT2D eigenvalue weighted by Crippen LogP contribution is -2.53. The topological polar surface area (TPSA) is 38.0 Å². The van der Waals surface area contributed by atoms with Gasteiger partial charge in [0.2, 0.25) is 0 Å². The number of nitrogens with two attached hydrogens (primary N) is 1. The van der Waals surface area contributed by atoms with E-state index < -0.39 is 0 Å². The number of hydrogen-bond acceptors (Lipinski definition) is 2. The van der Waals surface area contributed by atoms with Gasteiger partial charge < -0.3 is 5.73 Å². The molecule has 0 fully saturated rings. The molecule has 1 aromatic rings. The summed E-state index contributed by atoms with van der Waals surface area (Å²) >= 11 is 5.86. The van der Waals surface area contributed by atoms with E-state index in [2.05, 4.69) is 18.2 Å². The highest BCUT2D eigenvalue weighted by molar-refractivity contribution is 6.30. The van der Waals surface area contributed by atoms with Crippen LogP contribution in [0, 0.1) is 12.3 Å². The van der Waals surface area contributed by atoms with Crippen LogP contribution in [0.2, 0.25) is 5.02 Å². The fourth-order valence-electron chi connectivity index (χ4n) is 1.80. The summed E-state index contributed by atoms with van der Waals surface area (Å²) in [7, 11) is 0. The highest BCUT2D eigenvalue weighted by atomic mass is 35.5. The average Bonchev–Trinajstić information content (AvgIpc) is 2.32. The standard InChI is InChI=1S/C14H19ClN2/c1-4-11(2)17-14(3,10-16)9-12-5-7-13(15)8-6-12/h1,5-8,11,17H,9-10,16H2,2-3H3. The summed E-state index contributed by atoms with van der Waals surface area (Å²) in [5.41, 5.74) is 6.83. The smallest absolute Gasteiger partial charge is 0.0663 e. The van der Waals surface area contributed by atoms with Crippen molar-refractivity contribution in [2.24, 2.45) is 5.73 Å². The Balaban J connectivity index is 2.75. The SMILES string of the molecule is C#CC(C)NC(C)(CN)Cc1ccc(Cl)cc1. The molecule has 0 aliphatic heterocycles. The van der Waals surface area contributed by atoms with Gasteiger partial charge in [0.05, 0.1) is 6.04 Å². The largest absolute Gasteiger partial charge is 0.329 e. The minimum atomic E-state index is -0.195. The molecule has 0 aromatic heterocycles. The third-order valence-electron chi connectivity index (χ3n) is 2.77. The van der Waals surface area contributed by atoms with Crippen molar-refractivity contribution in [1.82, 2.24) is 5.32 Å². The second kappa shape index (κ2) is 6.07. The predicted octanol–water partition coefficient (Wildman–Crippen LogP) is 2.21. The summed E-state index contributed by atoms with van der Waals surface area (Å²) in [6.45, 7) is 4.56. The van der Waals surface area contributed by atoms with E-state index in [0.717, 1.165) is 11.4 Å². The first-order valence-corrected chi connectivity index (χ1v) is 6.05. The summed E-state index contributed by atoms with van der Waals surface area (Å²) in [6.07, 6.45) is 6.20. The third-order valence-corrected chi connectivity index (χ3v) is 3.03. The molecule has 3 heteroatoms. The molecule has 1 aromatic carbocycles. The van der Waals surface area contributed by atoms with Gasteiger partial charge in [0.1, 0.15) is 0 Å². The Morgan fingerprint density at radius 3 is 2.53 bits per heavy atom. The Morgan fingerprint density at radius 1 is 1.47 bits per heavy atom. The quantitative estimate of drug-likeness (QED) is 0.787. The van der Waals surface area contributed by atoms with Crippen LogP contribution in [0.15, 0.2) is 24.3 Å². The minimum Gasteiger partial charge on any atom is -0.329 e. The minimum absolute atomic E-state index is 0.0100. The maximum Gasteiger partial charge on any atom is 0.0663 e. The molecule has 0 aliphatic rings. The van der Waals surface area contributed by atoms with Crippen molar-refractivity contribution in [3.63, 3.8) is 0 Å². The average molecular weight is 251 g/mol. The summed E-state index contributed by atoms with van der Waals surface area (Å²) in [4.78, 5) is 0. The van der Waals surface area contributed by atoms with Crippen molar-refractivity contribution in [3.05, 3.63) is 34.9 Å². The summed E-state index contributed by atoms with van der Waals surface area (Å²) < 4.78 is 0. The Kier molecular flexibility index (Phi) is 5.02. The van der Waals surface area contributed by atoms with Gasteiger partial charge in [0, 0.05) is 17.1 Å². The zero-order valence-electron chi connectivity index (χ0n) is 10.3. The van der Waals surface area contributed by atoms with E-state index >= 15 is 0 Å². The number of rotatable bonds is 5. The van der Waals surface area contributed by atoms with Crippen molar-refractivity contribution in [2.45, 2.75) is 31.8 Å². The summed E-state index contributed by atoms with van der Waals surface area (Å²) in [6, 6.07) is 7.81. The zero-order valence-corrected chi connectivity index (χ0v) is 11.1. The van der Waals surface area contributed by atoms with E-state index in [1.807, 2.05) is 31.2 Å². The molecule has 2 unspecified atom stereocenters. The van der Waals surface area contributed by atoms with Crippen molar-refractivity contribution < 1.29 is 0 Å². The number of nitrogens with one attached hydrogen (secondary N) is 1. The lowest BCUT2D eigenvalue weighted by molar-refractivity contribution is 0.348. The molecule has 0 bridgehead atoms. The first-order valence-electron chi connectivity index (χ1n) is 5.67. The van der Waals surface area contributed by atoms with Gasteiger partial charge >= 0.3 is 0 Å². The molecule has 2 nitrogen and oxygen atoms in total. The van der Waals surface area contributed by atoms with Crippen LogP contribution in [0.1, 0.15) is 19.4 Å². The van der Waals surface area contributed by atoms with Crippen LogP contribution < -0.4 is 11.1 Å². The Morgan fingerprint density at radius 2 is 2.06 bits per heavy atom. The molecule has 0 radical (unpaired) electrons. The number of hydrogen-bond donors (Lipinski definition) is 2. The van der Waals surface area contributed by atoms with Crippen molar-refractivity contribution in [1.29, 1.82) is 0 Å². The van der Waals surface area contributed by atoms with Gasteiger partial charge in [-0.15, -0.1) is 6.42 Å². The molecule has 3 N–H and O–H groups in total. The Bertz CT molecular complexity index is 394. The Hall–Kier alpha value is -1.01. The van der Waals surface area contributed by atoms with Gasteiger partial charge in [-0.2, -0.15) is 0 Å². The van der Waals surface area contributed by atoms with Crippen LogP contribution in [0.5, 0.6) is 0 Å². The van der Waals surface area contributed by atoms with Gasteiger partial charge in [0.25, 0.3) is 0 Å². The van der Waals surface area contributed by atoms with Crippen LogP contribution in [0.25, 0.3) is 0 Å². The van der Waals surface area contributed by atoms with Gasteiger partial charge in [-0.05, 0) is 38.0 Å². The molecule has 0 saturated heterocycles. The van der Waals surface area contributed by atoms with Gasteiger partial charge in [-0.1, -0.05) is 29.7 Å². The summed E-state index contributed by atoms with van der Waals surface area (Å²) in [5.74, 6) is 2.66. The van der Waals surface area contributed by atoms with E-state index in [0.29, 0.717) is 6.54 Å². The van der Waals surface area contributed by atoms with Crippen LogP contribution in [-0.4, -0.2) is 18.1 Å². The highest BCUT2D eigenvalue weighted by Crippen LogP contribution is 2.16. The first-order chi connectivity index (χ1) is 7.99. The lowest BCUT2D eigenvalue weighted by Gasteiger charge is -2.31. The van der Waals surface area contributed by atoms with Gasteiger partial charge in [-0.3, -0.25) is 5.32 Å². The van der Waals surface area contributed by atoms with E-state index in [-0.39, 0.29) is 11.6 Å². The molecule has 17 heavy (non-hydrogen) atoms. The fourth-order valence-corrected chi connectivity index (χ4v) is 1.93. The number of terminal acetylenes is 1. The van der Waals surface area contributed by atoms with Gasteiger partial charge in [-0.25, -0.2) is 0 Å². The highest BCUT2D eigenvalue weighted by Gasteiger charge is 2.23. The number of benzene rings is 1. The fraction of sp³-hybridized carbons (Fsp3) is 0.429. The van der Waals surface area contributed by atoms with Crippen LogP contribution in [-0.2, 0) is 6.42 Å². The maximum absolute atomic E-state index is 5.86. The molecule has 0 aliphatic carbocycles. The van der Waals surface area contributed by atoms with E-state index in [1.54, 1.807) is 0 Å². The van der Waals surface area contributed by atoms with Crippen LogP contribution in [0.3, 0.4) is 0 Å². The monoisotopic (exact) mass is 250 g/mol. The van der Waals surface area contributed by atoms with Crippen LogP contribution >= 0.6 is 11.6 Å². The molecule has 0 spiro atoms. The third kappa shape index (κ3) is 4.40. The zero-order chi connectivity index (χ0) is 12.9. The van der Waals surface area contributed by atoms with Crippen LogP contribution in [0.4, 0.5) is 0 Å². The molecule has 0 heterocycles. The first kappa shape index (κ1) is 14.1. The molecule has 1 rings (SSSR count). The van der Waals surface area contributed by atoms with E-state index in [1.165, 1.54) is 5.56 Å². The van der Waals surface area contributed by atoms with E-state index in [4.69, 9.17) is 23.8 Å². The van der Waals surface area contributed by atoms with Crippen molar-refractivity contribution in [3.8, 4) is 12.3 Å². The van der Waals surface area contributed by atoms with Gasteiger partial charge in [0.15, 0.2) is 0 Å². The lowest BCUT2D eigenvalue weighted by atomic mass is 9.92. The second-order valence-electron chi connectivity index (χ2n) is 4.60. The summed E-state index contributed by atoms with van der Waals surface area (Å²) in [5, 5.41) is 4.11. The molecule has 0 amide bonds. The van der Waals surface area contributed by atoms with Crippen molar-refractivity contribution >= 4 is 11.6 Å². The van der Waals surface area contributed by atoms with Crippen molar-refractivity contribution in [2.75, 3.05) is 6.54 Å². The molecule has 0 saturated carbocycles. The number of halogens is 1. The normalized spacial score (nSPS) is 15.9. The Labute approximate surface area is 109 Å². The molecular formula is C14H19ClN2. The van der Waals surface area contributed by atoms with E-state index in [9.17, 15) is 0 Å². The second-order valence-corrected chi connectivity index (χ2v) is 5.04. The predicted molar refractivity (Wildman–Crippen MR) is 74.0 cm³/mol. The molecule has 2 atom stereocenters. The maximum atomic E-state index is 5.86.